The Hall–Kier alpha value is -3.10. The van der Waals surface area contributed by atoms with Gasteiger partial charge < -0.3 is 10.1 Å². The molecule has 2 N–H and O–H groups in total. The second-order valence-corrected chi connectivity index (χ2v) is 10.7. The standard InChI is InChI=1S/C24H24ClFN2O4S.2H2/c1-24(2,3)15-8-10-19(22(12-15)32-21-11-9-16(26)13-20(21)25)23(29)27-17-6-5-7-18(14-17)28-33(4,30)31;;/h5-14,28H,1-4H3,(H,27,29);2*1H. The van der Waals surface area contributed by atoms with Crippen molar-refractivity contribution in [2.75, 3.05) is 16.3 Å². The van der Waals surface area contributed by atoms with Crippen LogP contribution in [0.2, 0.25) is 5.02 Å². The molecule has 0 aromatic heterocycles. The van der Waals surface area contributed by atoms with Crippen molar-refractivity contribution >= 4 is 38.9 Å². The molecule has 0 saturated carbocycles. The molecule has 0 fully saturated rings. The largest absolute Gasteiger partial charge is 0.455 e. The number of benzene rings is 3. The van der Waals surface area contributed by atoms with Gasteiger partial charge in [-0.3, -0.25) is 9.52 Å². The number of halogens is 2. The summed E-state index contributed by atoms with van der Waals surface area (Å²) in [7, 11) is -3.46. The van der Waals surface area contributed by atoms with Crippen LogP contribution < -0.4 is 14.8 Å². The van der Waals surface area contributed by atoms with E-state index in [4.69, 9.17) is 16.3 Å². The zero-order valence-corrected chi connectivity index (χ0v) is 20.1. The van der Waals surface area contributed by atoms with Gasteiger partial charge in [-0.05, 0) is 59.5 Å². The Morgan fingerprint density at radius 3 is 2.33 bits per heavy atom. The minimum absolute atomic E-state index is 0. The maximum absolute atomic E-state index is 13.4. The average molecular weight is 495 g/mol. The van der Waals surface area contributed by atoms with E-state index in [9.17, 15) is 17.6 Å². The first-order valence-corrected chi connectivity index (χ1v) is 12.3. The Morgan fingerprint density at radius 1 is 1.00 bits per heavy atom. The minimum Gasteiger partial charge on any atom is -0.455 e. The maximum Gasteiger partial charge on any atom is 0.259 e. The molecular formula is C24H28ClFN2O4S. The van der Waals surface area contributed by atoms with Gasteiger partial charge in [0, 0.05) is 8.54 Å². The number of carbonyl (C=O) groups excluding carboxylic acids is 1. The Morgan fingerprint density at radius 2 is 1.70 bits per heavy atom. The first-order chi connectivity index (χ1) is 15.3. The molecule has 0 radical (unpaired) electrons. The van der Waals surface area contributed by atoms with Crippen LogP contribution in [0.1, 0.15) is 39.5 Å². The number of hydrogen-bond donors (Lipinski definition) is 2. The Labute approximate surface area is 200 Å². The lowest BCUT2D eigenvalue weighted by Gasteiger charge is -2.21. The first kappa shape index (κ1) is 24.5. The number of anilines is 2. The van der Waals surface area contributed by atoms with Crippen LogP contribution >= 0.6 is 11.6 Å². The number of hydrogen-bond acceptors (Lipinski definition) is 4. The maximum atomic E-state index is 13.4. The van der Waals surface area contributed by atoms with Crippen LogP contribution in [0.5, 0.6) is 11.5 Å². The Balaban J connectivity index is 0.00000306. The summed E-state index contributed by atoms with van der Waals surface area (Å²) in [5.41, 5.74) is 1.63. The van der Waals surface area contributed by atoms with Gasteiger partial charge in [0.15, 0.2) is 0 Å². The molecule has 0 atom stereocenters. The van der Waals surface area contributed by atoms with Crippen LogP contribution in [-0.4, -0.2) is 20.6 Å². The predicted octanol–water partition coefficient (Wildman–Crippen LogP) is 6.68. The summed E-state index contributed by atoms with van der Waals surface area (Å²) in [5, 5.41) is 2.82. The number of carbonyl (C=O) groups is 1. The summed E-state index contributed by atoms with van der Waals surface area (Å²) < 4.78 is 44.7. The van der Waals surface area contributed by atoms with Crippen molar-refractivity contribution in [3.8, 4) is 11.5 Å². The third-order valence-corrected chi connectivity index (χ3v) is 5.53. The van der Waals surface area contributed by atoms with E-state index < -0.39 is 21.7 Å². The lowest BCUT2D eigenvalue weighted by Crippen LogP contribution is -2.16. The molecule has 178 valence electrons. The van der Waals surface area contributed by atoms with Crippen LogP contribution in [0.3, 0.4) is 0 Å². The number of amides is 1. The molecule has 0 saturated heterocycles. The summed E-state index contributed by atoms with van der Waals surface area (Å²) in [6, 6.07) is 15.3. The van der Waals surface area contributed by atoms with Crippen molar-refractivity contribution in [3.05, 3.63) is 82.6 Å². The summed E-state index contributed by atoms with van der Waals surface area (Å²) >= 11 is 6.12. The van der Waals surface area contributed by atoms with E-state index in [2.05, 4.69) is 10.0 Å². The zero-order chi connectivity index (χ0) is 24.4. The molecule has 0 aliphatic rings. The van der Waals surface area contributed by atoms with Gasteiger partial charge in [0.2, 0.25) is 10.0 Å². The third-order valence-electron chi connectivity index (χ3n) is 4.63. The number of sulfonamides is 1. The van der Waals surface area contributed by atoms with E-state index in [1.54, 1.807) is 30.3 Å². The fourth-order valence-corrected chi connectivity index (χ4v) is 3.77. The lowest BCUT2D eigenvalue weighted by molar-refractivity contribution is 0.102. The van der Waals surface area contributed by atoms with E-state index in [0.717, 1.165) is 17.9 Å². The zero-order valence-electron chi connectivity index (χ0n) is 18.6. The van der Waals surface area contributed by atoms with Crippen molar-refractivity contribution in [1.29, 1.82) is 0 Å². The lowest BCUT2D eigenvalue weighted by atomic mass is 9.86. The van der Waals surface area contributed by atoms with Gasteiger partial charge in [-0.1, -0.05) is 44.5 Å². The van der Waals surface area contributed by atoms with Crippen molar-refractivity contribution in [2.45, 2.75) is 26.2 Å². The summed E-state index contributed by atoms with van der Waals surface area (Å²) in [6.07, 6.45) is 1.04. The van der Waals surface area contributed by atoms with Crippen LogP contribution in [0.4, 0.5) is 15.8 Å². The smallest absolute Gasteiger partial charge is 0.259 e. The van der Waals surface area contributed by atoms with Crippen LogP contribution in [0.15, 0.2) is 60.7 Å². The van der Waals surface area contributed by atoms with E-state index in [1.165, 1.54) is 18.2 Å². The first-order valence-electron chi connectivity index (χ1n) is 9.98. The van der Waals surface area contributed by atoms with Crippen molar-refractivity contribution in [2.24, 2.45) is 0 Å². The van der Waals surface area contributed by atoms with E-state index in [1.807, 2.05) is 26.8 Å². The molecule has 0 bridgehead atoms. The summed E-state index contributed by atoms with van der Waals surface area (Å²) in [6.45, 7) is 6.07. The second-order valence-electron chi connectivity index (χ2n) is 8.55. The molecule has 6 nitrogen and oxygen atoms in total. The molecule has 0 spiro atoms. The van der Waals surface area contributed by atoms with Gasteiger partial charge >= 0.3 is 0 Å². The molecule has 3 aromatic rings. The van der Waals surface area contributed by atoms with Gasteiger partial charge in [0.1, 0.15) is 17.3 Å². The third kappa shape index (κ3) is 6.69. The molecule has 0 unspecified atom stereocenters. The molecule has 3 aromatic carbocycles. The molecule has 9 heteroatoms. The van der Waals surface area contributed by atoms with Crippen molar-refractivity contribution in [3.63, 3.8) is 0 Å². The van der Waals surface area contributed by atoms with Gasteiger partial charge in [-0.15, -0.1) is 0 Å². The normalized spacial score (nSPS) is 11.7. The monoisotopic (exact) mass is 494 g/mol. The molecule has 0 heterocycles. The van der Waals surface area contributed by atoms with Crippen molar-refractivity contribution < 1.29 is 25.2 Å². The Kier molecular flexibility index (Phi) is 7.00. The highest BCUT2D eigenvalue weighted by atomic mass is 35.5. The van der Waals surface area contributed by atoms with E-state index in [-0.39, 0.29) is 30.4 Å². The number of nitrogens with one attached hydrogen (secondary N) is 2. The van der Waals surface area contributed by atoms with Gasteiger partial charge in [-0.2, -0.15) is 0 Å². The van der Waals surface area contributed by atoms with Gasteiger partial charge in [0.05, 0.1) is 22.5 Å². The molecular weight excluding hydrogens is 467 g/mol. The van der Waals surface area contributed by atoms with Gasteiger partial charge in [-0.25, -0.2) is 12.8 Å². The number of rotatable bonds is 6. The Bertz CT molecular complexity index is 1320. The minimum atomic E-state index is -3.46. The summed E-state index contributed by atoms with van der Waals surface area (Å²) in [5.74, 6) is -0.520. The molecule has 3 rings (SSSR count). The topological polar surface area (TPSA) is 84.5 Å². The number of ether oxygens (including phenoxy) is 1. The highest BCUT2D eigenvalue weighted by Crippen LogP contribution is 2.35. The van der Waals surface area contributed by atoms with Crippen molar-refractivity contribution in [1.82, 2.24) is 0 Å². The average Bonchev–Trinajstić information content (AvgIpc) is 2.68. The second kappa shape index (κ2) is 9.41. The molecule has 0 aliphatic carbocycles. The highest BCUT2D eigenvalue weighted by Gasteiger charge is 2.21. The van der Waals surface area contributed by atoms with Crippen LogP contribution in [0.25, 0.3) is 0 Å². The quantitative estimate of drug-likeness (QED) is 0.400. The van der Waals surface area contributed by atoms with Gasteiger partial charge in [0.25, 0.3) is 5.91 Å². The molecule has 1 amide bonds. The van der Waals surface area contributed by atoms with E-state index in [0.29, 0.717) is 11.4 Å². The highest BCUT2D eigenvalue weighted by molar-refractivity contribution is 7.92. The molecule has 33 heavy (non-hydrogen) atoms. The fraction of sp³-hybridized carbons (Fsp3) is 0.208. The van der Waals surface area contributed by atoms with Crippen LogP contribution in [-0.2, 0) is 15.4 Å². The summed E-state index contributed by atoms with van der Waals surface area (Å²) in [4.78, 5) is 13.1. The SMILES string of the molecule is CC(C)(C)c1ccc(C(=O)Nc2cccc(NS(C)(=O)=O)c2)c(Oc2ccc(F)cc2Cl)c1.[HH].[HH]. The van der Waals surface area contributed by atoms with E-state index >= 15 is 0 Å². The molecule has 0 aliphatic heterocycles. The predicted molar refractivity (Wildman–Crippen MR) is 134 cm³/mol. The fourth-order valence-electron chi connectivity index (χ4n) is 3.01. The van der Waals surface area contributed by atoms with Crippen LogP contribution in [0, 0.1) is 5.82 Å².